The van der Waals surface area contributed by atoms with Crippen molar-refractivity contribution in [2.75, 3.05) is 26.2 Å². The van der Waals surface area contributed by atoms with E-state index in [0.717, 1.165) is 19.6 Å². The van der Waals surface area contributed by atoms with E-state index < -0.39 is 10.5 Å². The zero-order chi connectivity index (χ0) is 23.7. The van der Waals surface area contributed by atoms with E-state index in [9.17, 15) is 19.7 Å². The number of rotatable bonds is 6. The normalized spacial score (nSPS) is 14.5. The van der Waals surface area contributed by atoms with Crippen LogP contribution in [0.15, 0.2) is 59.1 Å². The number of nitro groups is 1. The number of benzene rings is 1. The summed E-state index contributed by atoms with van der Waals surface area (Å²) in [4.78, 5) is 46.4. The molecule has 1 aliphatic heterocycles. The van der Waals surface area contributed by atoms with Crippen molar-refractivity contribution in [2.45, 2.75) is 13.1 Å². The average Bonchev–Trinajstić information content (AvgIpc) is 3.51. The molecule has 1 aromatic carbocycles. The fourth-order valence-electron chi connectivity index (χ4n) is 4.06. The molecule has 12 heteroatoms. The van der Waals surface area contributed by atoms with E-state index in [1.165, 1.54) is 32.7 Å². The minimum Gasteiger partial charge on any atom is -0.339 e. The Morgan fingerprint density at radius 1 is 1.12 bits per heavy atom. The minimum absolute atomic E-state index is 0.122. The molecule has 5 rings (SSSR count). The van der Waals surface area contributed by atoms with Gasteiger partial charge in [-0.1, -0.05) is 18.2 Å². The Bertz CT molecular complexity index is 1400. The summed E-state index contributed by atoms with van der Waals surface area (Å²) in [5, 5.41) is 17.8. The van der Waals surface area contributed by atoms with E-state index in [1.807, 2.05) is 6.07 Å². The number of thiophene rings is 1. The molecule has 11 nitrogen and oxygen atoms in total. The molecule has 0 atom stereocenters. The Kier molecular flexibility index (Phi) is 5.90. The molecular formula is C22H21N7O4S. The van der Waals surface area contributed by atoms with Crippen LogP contribution in [-0.2, 0) is 17.9 Å². The molecule has 0 spiro atoms. The summed E-state index contributed by atoms with van der Waals surface area (Å²) in [6.45, 7) is 3.51. The Morgan fingerprint density at radius 2 is 1.91 bits per heavy atom. The van der Waals surface area contributed by atoms with Gasteiger partial charge in [0.2, 0.25) is 5.91 Å². The molecule has 0 saturated carbocycles. The van der Waals surface area contributed by atoms with Gasteiger partial charge in [0.25, 0.3) is 11.2 Å². The molecule has 1 saturated heterocycles. The lowest BCUT2D eigenvalue weighted by Gasteiger charge is -2.34. The fourth-order valence-corrected chi connectivity index (χ4v) is 4.81. The highest BCUT2D eigenvalue weighted by Crippen LogP contribution is 2.24. The predicted molar refractivity (Wildman–Crippen MR) is 126 cm³/mol. The maximum Gasteiger partial charge on any atom is 0.294 e. The Morgan fingerprint density at radius 3 is 2.65 bits per heavy atom. The van der Waals surface area contributed by atoms with Crippen molar-refractivity contribution in [3.05, 3.63) is 79.6 Å². The van der Waals surface area contributed by atoms with Gasteiger partial charge in [0.1, 0.15) is 23.9 Å². The van der Waals surface area contributed by atoms with Crippen molar-refractivity contribution in [1.29, 1.82) is 0 Å². The summed E-state index contributed by atoms with van der Waals surface area (Å²) < 4.78 is 2.53. The molecule has 1 aliphatic rings. The Hall–Kier alpha value is -3.90. The van der Waals surface area contributed by atoms with Gasteiger partial charge < -0.3 is 4.90 Å². The van der Waals surface area contributed by atoms with E-state index >= 15 is 0 Å². The number of para-hydroxylation sites is 2. The van der Waals surface area contributed by atoms with Crippen LogP contribution in [0.3, 0.4) is 0 Å². The fraction of sp³-hybridized carbons (Fsp3) is 0.273. The van der Waals surface area contributed by atoms with Gasteiger partial charge >= 0.3 is 0 Å². The van der Waals surface area contributed by atoms with E-state index in [1.54, 1.807) is 34.4 Å². The first-order valence-corrected chi connectivity index (χ1v) is 11.6. The van der Waals surface area contributed by atoms with Crippen molar-refractivity contribution in [3.63, 3.8) is 0 Å². The highest BCUT2D eigenvalue weighted by Gasteiger charge is 2.23. The van der Waals surface area contributed by atoms with Crippen LogP contribution in [0.1, 0.15) is 4.88 Å². The van der Waals surface area contributed by atoms with Gasteiger partial charge in [0.15, 0.2) is 5.65 Å². The first-order chi connectivity index (χ1) is 16.5. The molecule has 4 heterocycles. The third kappa shape index (κ3) is 4.20. The van der Waals surface area contributed by atoms with Gasteiger partial charge in [0.05, 0.1) is 11.1 Å². The number of fused-ring (bicyclic) bond motifs is 1. The van der Waals surface area contributed by atoms with Crippen LogP contribution >= 0.6 is 11.3 Å². The maximum atomic E-state index is 13.0. The molecule has 4 aromatic rings. The number of aromatic nitrogens is 4. The van der Waals surface area contributed by atoms with Crippen LogP contribution in [0, 0.1) is 10.1 Å². The van der Waals surface area contributed by atoms with Crippen LogP contribution in [0.5, 0.6) is 0 Å². The van der Waals surface area contributed by atoms with E-state index in [2.05, 4.69) is 26.4 Å². The van der Waals surface area contributed by atoms with Crippen LogP contribution in [0.4, 0.5) is 5.69 Å². The lowest BCUT2D eigenvalue weighted by Crippen LogP contribution is -2.49. The summed E-state index contributed by atoms with van der Waals surface area (Å²) >= 11 is 1.72. The van der Waals surface area contributed by atoms with E-state index in [-0.39, 0.29) is 34.9 Å². The van der Waals surface area contributed by atoms with E-state index in [0.29, 0.717) is 13.1 Å². The molecule has 1 amide bonds. The monoisotopic (exact) mass is 479 g/mol. The second-order valence-electron chi connectivity index (χ2n) is 7.95. The second kappa shape index (κ2) is 9.15. The van der Waals surface area contributed by atoms with Gasteiger partial charge in [-0.25, -0.2) is 9.67 Å². The predicted octanol–water partition coefficient (Wildman–Crippen LogP) is 1.90. The second-order valence-corrected chi connectivity index (χ2v) is 8.99. The van der Waals surface area contributed by atoms with Gasteiger partial charge in [0, 0.05) is 43.7 Å². The number of amides is 1. The van der Waals surface area contributed by atoms with Crippen molar-refractivity contribution in [3.8, 4) is 5.69 Å². The molecule has 0 N–H and O–H groups in total. The smallest absolute Gasteiger partial charge is 0.294 e. The van der Waals surface area contributed by atoms with Gasteiger partial charge in [-0.3, -0.25) is 29.2 Å². The summed E-state index contributed by atoms with van der Waals surface area (Å²) in [7, 11) is 0. The standard InChI is InChI=1S/C22H21N7O4S/c30-20(26-9-7-25(8-10-26)13-16-4-3-11-34-16)14-27-15-23-21-17(22(27)31)12-24-28(21)18-5-1-2-6-19(18)29(32)33/h1-6,11-12,15H,7-10,13-14H2. The third-order valence-corrected chi connectivity index (χ3v) is 6.71. The van der Waals surface area contributed by atoms with Crippen molar-refractivity contribution in [2.24, 2.45) is 0 Å². The minimum atomic E-state index is -0.511. The number of nitro benzene ring substituents is 1. The first-order valence-electron chi connectivity index (χ1n) is 10.7. The van der Waals surface area contributed by atoms with Crippen LogP contribution in [0.2, 0.25) is 0 Å². The molecular weight excluding hydrogens is 458 g/mol. The number of carbonyl (C=O) groups is 1. The first kappa shape index (κ1) is 21.9. The summed E-state index contributed by atoms with van der Waals surface area (Å²) in [5.41, 5.74) is -0.153. The Labute approximate surface area is 197 Å². The number of hydrogen-bond donors (Lipinski definition) is 0. The average molecular weight is 480 g/mol. The maximum absolute atomic E-state index is 13.0. The van der Waals surface area contributed by atoms with Crippen molar-refractivity contribution in [1.82, 2.24) is 29.1 Å². The lowest BCUT2D eigenvalue weighted by atomic mass is 10.2. The van der Waals surface area contributed by atoms with Crippen LogP contribution in [-0.4, -0.2) is 66.1 Å². The van der Waals surface area contributed by atoms with Crippen LogP contribution in [0.25, 0.3) is 16.7 Å². The number of hydrogen-bond acceptors (Lipinski definition) is 8. The third-order valence-electron chi connectivity index (χ3n) is 5.85. The topological polar surface area (TPSA) is 119 Å². The zero-order valence-electron chi connectivity index (χ0n) is 18.1. The number of carbonyl (C=O) groups excluding carboxylic acids is 1. The highest BCUT2D eigenvalue weighted by atomic mass is 32.1. The lowest BCUT2D eigenvalue weighted by molar-refractivity contribution is -0.384. The quantitative estimate of drug-likeness (QED) is 0.306. The van der Waals surface area contributed by atoms with Crippen molar-refractivity contribution < 1.29 is 9.72 Å². The van der Waals surface area contributed by atoms with Gasteiger partial charge in [-0.15, -0.1) is 11.3 Å². The SMILES string of the molecule is O=C(Cn1cnc2c(cnn2-c2ccccc2[N+](=O)[O-])c1=O)N1CCN(Cc2cccs2)CC1. The summed E-state index contributed by atoms with van der Waals surface area (Å²) in [6.07, 6.45) is 2.62. The van der Waals surface area contributed by atoms with Gasteiger partial charge in [-0.05, 0) is 17.5 Å². The highest BCUT2D eigenvalue weighted by molar-refractivity contribution is 7.09. The summed E-state index contributed by atoms with van der Waals surface area (Å²) in [5.74, 6) is -0.148. The Balaban J connectivity index is 1.31. The number of nitrogens with zero attached hydrogens (tertiary/aromatic N) is 7. The molecule has 0 unspecified atom stereocenters. The van der Waals surface area contributed by atoms with Crippen molar-refractivity contribution >= 4 is 34.0 Å². The molecule has 34 heavy (non-hydrogen) atoms. The number of piperazine rings is 1. The molecule has 0 aliphatic carbocycles. The largest absolute Gasteiger partial charge is 0.339 e. The zero-order valence-corrected chi connectivity index (χ0v) is 18.9. The molecule has 174 valence electrons. The molecule has 0 radical (unpaired) electrons. The van der Waals surface area contributed by atoms with E-state index in [4.69, 9.17) is 0 Å². The van der Waals surface area contributed by atoms with Crippen LogP contribution < -0.4 is 5.56 Å². The molecule has 3 aromatic heterocycles. The molecule has 0 bridgehead atoms. The van der Waals surface area contributed by atoms with Gasteiger partial charge in [-0.2, -0.15) is 5.10 Å². The summed E-state index contributed by atoms with van der Waals surface area (Å²) in [6, 6.07) is 10.3. The molecule has 1 fully saturated rings.